The smallest absolute Gasteiger partial charge is 0.232 e. The van der Waals surface area contributed by atoms with Gasteiger partial charge in [0.2, 0.25) is 5.91 Å². The van der Waals surface area contributed by atoms with Crippen LogP contribution < -0.4 is 5.73 Å². The van der Waals surface area contributed by atoms with Crippen LogP contribution in [0, 0.1) is 11.8 Å². The van der Waals surface area contributed by atoms with E-state index in [0.29, 0.717) is 16.9 Å². The Morgan fingerprint density at radius 3 is 2.38 bits per heavy atom. The van der Waals surface area contributed by atoms with E-state index in [-0.39, 0.29) is 11.8 Å². The van der Waals surface area contributed by atoms with Crippen molar-refractivity contribution in [1.82, 2.24) is 4.90 Å². The average molecular weight is 242 g/mol. The summed E-state index contributed by atoms with van der Waals surface area (Å²) >= 11 is 4.89. The van der Waals surface area contributed by atoms with Crippen molar-refractivity contribution in [3.63, 3.8) is 0 Å². The fourth-order valence-electron chi connectivity index (χ4n) is 1.63. The monoisotopic (exact) mass is 242 g/mol. The van der Waals surface area contributed by atoms with Gasteiger partial charge in [0.25, 0.3) is 0 Å². The Bertz CT molecular complexity index is 274. The van der Waals surface area contributed by atoms with E-state index >= 15 is 0 Å². The quantitative estimate of drug-likeness (QED) is 0.724. The predicted octanol–water partition coefficient (Wildman–Crippen LogP) is 1.95. The molecule has 92 valence electrons. The molecule has 0 bridgehead atoms. The molecule has 0 saturated heterocycles. The number of carbonyl (C=O) groups excluding carboxylic acids is 1. The lowest BCUT2D eigenvalue weighted by atomic mass is 10.1. The highest BCUT2D eigenvalue weighted by atomic mass is 32.1. The summed E-state index contributed by atoms with van der Waals surface area (Å²) < 4.78 is 0. The lowest BCUT2D eigenvalue weighted by Gasteiger charge is -2.26. The molecule has 16 heavy (non-hydrogen) atoms. The number of carbonyl (C=O) groups is 1. The Morgan fingerprint density at radius 2 is 2.00 bits per heavy atom. The number of hydrogen-bond donors (Lipinski definition) is 1. The van der Waals surface area contributed by atoms with E-state index in [1.807, 2.05) is 4.90 Å². The molecule has 0 spiro atoms. The molecule has 1 unspecified atom stereocenters. The van der Waals surface area contributed by atoms with Crippen molar-refractivity contribution < 1.29 is 4.79 Å². The average Bonchev–Trinajstić information content (AvgIpc) is 3.00. The Balaban J connectivity index is 2.55. The van der Waals surface area contributed by atoms with Crippen LogP contribution >= 0.6 is 12.2 Å². The molecule has 1 aliphatic rings. The van der Waals surface area contributed by atoms with E-state index in [0.717, 1.165) is 25.8 Å². The maximum atomic E-state index is 12.1. The molecular formula is C12H22N2OS. The van der Waals surface area contributed by atoms with Gasteiger partial charge in [-0.05, 0) is 32.1 Å². The van der Waals surface area contributed by atoms with Gasteiger partial charge in [0.05, 0.1) is 10.9 Å². The van der Waals surface area contributed by atoms with Crippen LogP contribution in [0.15, 0.2) is 0 Å². The Hall–Kier alpha value is -0.640. The zero-order valence-corrected chi connectivity index (χ0v) is 11.2. The molecule has 1 atom stereocenters. The maximum Gasteiger partial charge on any atom is 0.232 e. The summed E-state index contributed by atoms with van der Waals surface area (Å²) in [6.45, 7) is 6.99. The first kappa shape index (κ1) is 13.4. The number of nitrogens with zero attached hydrogens (tertiary/aromatic N) is 1. The first-order valence-electron chi connectivity index (χ1n) is 6.03. The van der Waals surface area contributed by atoms with Gasteiger partial charge in [0, 0.05) is 12.6 Å². The van der Waals surface area contributed by atoms with Gasteiger partial charge >= 0.3 is 0 Å². The standard InChI is InChI=1S/C12H22N2OS/c1-8(2)6-7-14(10-4-5-10)12(15)9(3)11(13)16/h8-10H,4-7H2,1-3H3,(H2,13,16). The Labute approximate surface area is 103 Å². The van der Waals surface area contributed by atoms with E-state index in [2.05, 4.69) is 13.8 Å². The predicted molar refractivity (Wildman–Crippen MR) is 70.1 cm³/mol. The van der Waals surface area contributed by atoms with E-state index in [9.17, 15) is 4.79 Å². The van der Waals surface area contributed by atoms with Crippen LogP contribution in [0.5, 0.6) is 0 Å². The third kappa shape index (κ3) is 3.74. The van der Waals surface area contributed by atoms with Crippen LogP contribution in [0.3, 0.4) is 0 Å². The third-order valence-electron chi connectivity index (χ3n) is 3.02. The normalized spacial score (nSPS) is 17.2. The van der Waals surface area contributed by atoms with Gasteiger partial charge in [-0.1, -0.05) is 26.1 Å². The maximum absolute atomic E-state index is 12.1. The van der Waals surface area contributed by atoms with Crippen LogP contribution in [0.2, 0.25) is 0 Å². The molecular weight excluding hydrogens is 220 g/mol. The zero-order valence-electron chi connectivity index (χ0n) is 10.4. The molecule has 1 rings (SSSR count). The first-order valence-corrected chi connectivity index (χ1v) is 6.44. The molecule has 3 nitrogen and oxygen atoms in total. The molecule has 0 aromatic carbocycles. The minimum atomic E-state index is -0.317. The summed E-state index contributed by atoms with van der Waals surface area (Å²) in [6.07, 6.45) is 3.31. The molecule has 1 saturated carbocycles. The summed E-state index contributed by atoms with van der Waals surface area (Å²) in [5.74, 6) is 0.410. The molecule has 4 heteroatoms. The summed E-state index contributed by atoms with van der Waals surface area (Å²) in [5, 5.41) is 0. The summed E-state index contributed by atoms with van der Waals surface area (Å²) in [4.78, 5) is 14.4. The molecule has 0 radical (unpaired) electrons. The second-order valence-electron chi connectivity index (χ2n) is 5.07. The zero-order chi connectivity index (χ0) is 12.3. The van der Waals surface area contributed by atoms with Crippen molar-refractivity contribution in [2.45, 2.75) is 46.1 Å². The van der Waals surface area contributed by atoms with Gasteiger partial charge in [-0.25, -0.2) is 0 Å². The second-order valence-corrected chi connectivity index (χ2v) is 5.54. The SMILES string of the molecule is CC(C)CCN(C(=O)C(C)C(N)=S)C1CC1. The van der Waals surface area contributed by atoms with Gasteiger partial charge in [-0.2, -0.15) is 0 Å². The Kier molecular flexibility index (Phi) is 4.71. The number of amides is 1. The van der Waals surface area contributed by atoms with Crippen LogP contribution in [0.4, 0.5) is 0 Å². The lowest BCUT2D eigenvalue weighted by molar-refractivity contribution is -0.133. The van der Waals surface area contributed by atoms with Crippen molar-refractivity contribution in [3.05, 3.63) is 0 Å². The third-order valence-corrected chi connectivity index (χ3v) is 3.37. The molecule has 0 aromatic rings. The van der Waals surface area contributed by atoms with E-state index in [1.54, 1.807) is 6.92 Å². The summed E-state index contributed by atoms with van der Waals surface area (Å²) in [6, 6.07) is 0.447. The van der Waals surface area contributed by atoms with Gasteiger partial charge in [-0.15, -0.1) is 0 Å². The van der Waals surface area contributed by atoms with Crippen LogP contribution in [-0.4, -0.2) is 28.4 Å². The highest BCUT2D eigenvalue weighted by Gasteiger charge is 2.34. The van der Waals surface area contributed by atoms with Crippen LogP contribution in [0.25, 0.3) is 0 Å². The minimum Gasteiger partial charge on any atom is -0.393 e. The Morgan fingerprint density at radius 1 is 1.44 bits per heavy atom. The first-order chi connectivity index (χ1) is 7.43. The molecule has 1 aliphatic carbocycles. The lowest BCUT2D eigenvalue weighted by Crippen LogP contribution is -2.42. The molecule has 1 amide bonds. The van der Waals surface area contributed by atoms with Gasteiger partial charge < -0.3 is 10.6 Å². The van der Waals surface area contributed by atoms with Gasteiger partial charge in [0.15, 0.2) is 0 Å². The second kappa shape index (κ2) is 5.62. The summed E-state index contributed by atoms with van der Waals surface area (Å²) in [5.41, 5.74) is 5.54. The molecule has 1 fully saturated rings. The number of rotatable bonds is 6. The topological polar surface area (TPSA) is 46.3 Å². The largest absolute Gasteiger partial charge is 0.393 e. The van der Waals surface area contributed by atoms with Crippen molar-refractivity contribution in [2.24, 2.45) is 17.6 Å². The van der Waals surface area contributed by atoms with Crippen molar-refractivity contribution in [1.29, 1.82) is 0 Å². The molecule has 0 aromatic heterocycles. The van der Waals surface area contributed by atoms with E-state index in [4.69, 9.17) is 18.0 Å². The minimum absolute atomic E-state index is 0.107. The van der Waals surface area contributed by atoms with Crippen molar-refractivity contribution >= 4 is 23.1 Å². The number of nitrogens with two attached hydrogens (primary N) is 1. The van der Waals surface area contributed by atoms with Crippen LogP contribution in [0.1, 0.15) is 40.0 Å². The summed E-state index contributed by atoms with van der Waals surface area (Å²) in [7, 11) is 0. The number of thiocarbonyl (C=S) groups is 1. The van der Waals surface area contributed by atoms with Crippen molar-refractivity contribution in [3.8, 4) is 0 Å². The highest BCUT2D eigenvalue weighted by Crippen LogP contribution is 2.28. The van der Waals surface area contributed by atoms with Gasteiger partial charge in [0.1, 0.15) is 0 Å². The van der Waals surface area contributed by atoms with E-state index in [1.165, 1.54) is 0 Å². The van der Waals surface area contributed by atoms with Gasteiger partial charge in [-0.3, -0.25) is 4.79 Å². The number of hydrogen-bond acceptors (Lipinski definition) is 2. The fraction of sp³-hybridized carbons (Fsp3) is 0.833. The molecule has 2 N–H and O–H groups in total. The van der Waals surface area contributed by atoms with E-state index < -0.39 is 0 Å². The molecule has 0 aliphatic heterocycles. The molecule has 0 heterocycles. The van der Waals surface area contributed by atoms with Crippen LogP contribution in [-0.2, 0) is 4.79 Å². The van der Waals surface area contributed by atoms with Crippen molar-refractivity contribution in [2.75, 3.05) is 6.54 Å². The highest BCUT2D eigenvalue weighted by molar-refractivity contribution is 7.80. The fourth-order valence-corrected chi connectivity index (χ4v) is 1.73.